The van der Waals surface area contributed by atoms with Crippen molar-refractivity contribution >= 4 is 15.9 Å². The van der Waals surface area contributed by atoms with Crippen molar-refractivity contribution in [3.05, 3.63) is 45.5 Å². The summed E-state index contributed by atoms with van der Waals surface area (Å²) in [5.74, 6) is 1.12. The third-order valence-electron chi connectivity index (χ3n) is 2.92. The Morgan fingerprint density at radius 3 is 2.53 bits per heavy atom. The molecule has 2 N–H and O–H groups in total. The van der Waals surface area contributed by atoms with Gasteiger partial charge in [0.05, 0.1) is 6.04 Å². The standard InChI is InChI=1S/C14H18BrN3O/c1-8-5-6-9(7-10(8)15)11(16)12-17-13(19-18-12)14(2,3)4/h5-7,11H,16H2,1-4H3. The minimum absolute atomic E-state index is 0.168. The zero-order valence-electron chi connectivity index (χ0n) is 11.6. The summed E-state index contributed by atoms with van der Waals surface area (Å²) in [4.78, 5) is 4.39. The quantitative estimate of drug-likeness (QED) is 0.918. The molecule has 0 amide bonds. The predicted octanol–water partition coefficient (Wildman–Crippen LogP) is 3.49. The molecule has 1 atom stereocenters. The molecule has 1 unspecified atom stereocenters. The Morgan fingerprint density at radius 2 is 2.00 bits per heavy atom. The highest BCUT2D eigenvalue weighted by Crippen LogP contribution is 2.26. The van der Waals surface area contributed by atoms with Gasteiger partial charge in [0.1, 0.15) is 0 Å². The molecular weight excluding hydrogens is 306 g/mol. The van der Waals surface area contributed by atoms with Gasteiger partial charge in [-0.1, -0.05) is 54.0 Å². The van der Waals surface area contributed by atoms with E-state index < -0.39 is 0 Å². The van der Waals surface area contributed by atoms with Gasteiger partial charge in [0.25, 0.3) is 0 Å². The summed E-state index contributed by atoms with van der Waals surface area (Å²) in [6.07, 6.45) is 0. The van der Waals surface area contributed by atoms with E-state index in [4.69, 9.17) is 10.3 Å². The van der Waals surface area contributed by atoms with Gasteiger partial charge in [-0.3, -0.25) is 0 Å². The predicted molar refractivity (Wildman–Crippen MR) is 77.9 cm³/mol. The second-order valence-electron chi connectivity index (χ2n) is 5.69. The molecule has 1 aromatic carbocycles. The Balaban J connectivity index is 2.31. The van der Waals surface area contributed by atoms with Gasteiger partial charge in [0.2, 0.25) is 5.89 Å². The Labute approximate surface area is 121 Å². The van der Waals surface area contributed by atoms with Crippen LogP contribution in [-0.2, 0) is 5.41 Å². The molecule has 0 aliphatic carbocycles. The first-order valence-corrected chi connectivity index (χ1v) is 6.94. The van der Waals surface area contributed by atoms with Crippen molar-refractivity contribution < 1.29 is 4.52 Å². The molecule has 4 nitrogen and oxygen atoms in total. The maximum absolute atomic E-state index is 6.19. The van der Waals surface area contributed by atoms with Crippen LogP contribution in [0.1, 0.15) is 49.7 Å². The van der Waals surface area contributed by atoms with Crippen molar-refractivity contribution in [3.63, 3.8) is 0 Å². The van der Waals surface area contributed by atoms with E-state index in [9.17, 15) is 0 Å². The van der Waals surface area contributed by atoms with Crippen LogP contribution in [0.15, 0.2) is 27.2 Å². The monoisotopic (exact) mass is 323 g/mol. The fraction of sp³-hybridized carbons (Fsp3) is 0.429. The van der Waals surface area contributed by atoms with Gasteiger partial charge >= 0.3 is 0 Å². The van der Waals surface area contributed by atoms with E-state index in [1.807, 2.05) is 45.9 Å². The Hall–Kier alpha value is -1.20. The third-order valence-corrected chi connectivity index (χ3v) is 3.77. The smallest absolute Gasteiger partial charge is 0.232 e. The average molecular weight is 324 g/mol. The van der Waals surface area contributed by atoms with E-state index in [-0.39, 0.29) is 11.5 Å². The van der Waals surface area contributed by atoms with Crippen LogP contribution < -0.4 is 5.73 Å². The lowest BCUT2D eigenvalue weighted by atomic mass is 9.97. The molecule has 102 valence electrons. The van der Waals surface area contributed by atoms with Crippen molar-refractivity contribution in [2.24, 2.45) is 5.73 Å². The second kappa shape index (κ2) is 5.06. The summed E-state index contributed by atoms with van der Waals surface area (Å²) in [5.41, 5.74) is 8.14. The first-order valence-electron chi connectivity index (χ1n) is 6.15. The van der Waals surface area contributed by atoms with Crippen molar-refractivity contribution in [2.75, 3.05) is 0 Å². The van der Waals surface area contributed by atoms with Crippen LogP contribution in [0.2, 0.25) is 0 Å². The molecule has 0 spiro atoms. The van der Waals surface area contributed by atoms with Crippen LogP contribution in [0.5, 0.6) is 0 Å². The van der Waals surface area contributed by atoms with Crippen LogP contribution in [0, 0.1) is 6.92 Å². The number of aromatic nitrogens is 2. The highest BCUT2D eigenvalue weighted by Gasteiger charge is 2.24. The van der Waals surface area contributed by atoms with Gasteiger partial charge in [-0.2, -0.15) is 4.98 Å². The summed E-state index contributed by atoms with van der Waals surface area (Å²) < 4.78 is 6.30. The summed E-state index contributed by atoms with van der Waals surface area (Å²) in [6.45, 7) is 8.11. The molecule has 1 aromatic heterocycles. The minimum atomic E-state index is -0.378. The Bertz CT molecular complexity index is 587. The fourth-order valence-electron chi connectivity index (χ4n) is 1.62. The number of halogens is 1. The molecule has 0 saturated carbocycles. The molecule has 0 aliphatic rings. The molecule has 19 heavy (non-hydrogen) atoms. The van der Waals surface area contributed by atoms with Crippen LogP contribution >= 0.6 is 15.9 Å². The molecule has 0 aliphatic heterocycles. The van der Waals surface area contributed by atoms with Crippen molar-refractivity contribution in [2.45, 2.75) is 39.2 Å². The van der Waals surface area contributed by atoms with Gasteiger partial charge in [0, 0.05) is 9.89 Å². The largest absolute Gasteiger partial charge is 0.339 e. The van der Waals surface area contributed by atoms with Crippen molar-refractivity contribution in [1.29, 1.82) is 0 Å². The number of nitrogens with zero attached hydrogens (tertiary/aromatic N) is 2. The van der Waals surface area contributed by atoms with Gasteiger partial charge in [-0.15, -0.1) is 0 Å². The van der Waals surface area contributed by atoms with Crippen molar-refractivity contribution in [1.82, 2.24) is 10.1 Å². The molecule has 2 rings (SSSR count). The minimum Gasteiger partial charge on any atom is -0.339 e. The van der Waals surface area contributed by atoms with Crippen LogP contribution in [0.25, 0.3) is 0 Å². The highest BCUT2D eigenvalue weighted by molar-refractivity contribution is 9.10. The first kappa shape index (κ1) is 14.2. The van der Waals surface area contributed by atoms with Gasteiger partial charge in [0.15, 0.2) is 5.82 Å². The van der Waals surface area contributed by atoms with E-state index in [1.54, 1.807) is 0 Å². The van der Waals surface area contributed by atoms with E-state index in [2.05, 4.69) is 26.1 Å². The van der Waals surface area contributed by atoms with Gasteiger partial charge in [-0.05, 0) is 24.1 Å². The topological polar surface area (TPSA) is 64.9 Å². The SMILES string of the molecule is Cc1ccc(C(N)c2noc(C(C)(C)C)n2)cc1Br. The van der Waals surface area contributed by atoms with E-state index >= 15 is 0 Å². The maximum atomic E-state index is 6.19. The van der Waals surface area contributed by atoms with E-state index in [1.165, 1.54) is 5.56 Å². The lowest BCUT2D eigenvalue weighted by Gasteiger charge is -2.11. The zero-order valence-corrected chi connectivity index (χ0v) is 13.2. The van der Waals surface area contributed by atoms with Gasteiger partial charge in [-0.25, -0.2) is 0 Å². The number of rotatable bonds is 2. The number of hydrogen-bond donors (Lipinski definition) is 1. The maximum Gasteiger partial charge on any atom is 0.232 e. The first-order chi connectivity index (χ1) is 8.79. The zero-order chi connectivity index (χ0) is 14.2. The lowest BCUT2D eigenvalue weighted by molar-refractivity contribution is 0.317. The molecule has 0 bridgehead atoms. The number of nitrogens with two attached hydrogens (primary N) is 1. The number of aryl methyl sites for hydroxylation is 1. The summed E-state index contributed by atoms with van der Waals surface area (Å²) in [5, 5.41) is 3.98. The molecule has 0 saturated heterocycles. The lowest BCUT2D eigenvalue weighted by Crippen LogP contribution is -2.15. The van der Waals surface area contributed by atoms with E-state index in [0.29, 0.717) is 11.7 Å². The normalized spacial score (nSPS) is 13.6. The summed E-state index contributed by atoms with van der Waals surface area (Å²) in [7, 11) is 0. The fourth-order valence-corrected chi connectivity index (χ4v) is 2.01. The molecule has 0 radical (unpaired) electrons. The molecule has 2 aromatic rings. The number of benzene rings is 1. The van der Waals surface area contributed by atoms with E-state index in [0.717, 1.165) is 10.0 Å². The van der Waals surface area contributed by atoms with Gasteiger partial charge < -0.3 is 10.3 Å². The summed E-state index contributed by atoms with van der Waals surface area (Å²) >= 11 is 3.50. The van der Waals surface area contributed by atoms with Crippen LogP contribution in [0.4, 0.5) is 0 Å². The highest BCUT2D eigenvalue weighted by atomic mass is 79.9. The number of hydrogen-bond acceptors (Lipinski definition) is 4. The summed E-state index contributed by atoms with van der Waals surface area (Å²) in [6, 6.07) is 5.62. The molecule has 5 heteroatoms. The third kappa shape index (κ3) is 3.04. The Morgan fingerprint density at radius 1 is 1.32 bits per heavy atom. The molecular formula is C14H18BrN3O. The average Bonchev–Trinajstić information content (AvgIpc) is 2.81. The molecule has 1 heterocycles. The molecule has 0 fully saturated rings. The second-order valence-corrected chi connectivity index (χ2v) is 6.55. The van der Waals surface area contributed by atoms with Crippen molar-refractivity contribution in [3.8, 4) is 0 Å². The Kier molecular flexibility index (Phi) is 3.78. The van der Waals surface area contributed by atoms with Crippen LogP contribution in [-0.4, -0.2) is 10.1 Å². The van der Waals surface area contributed by atoms with Crippen LogP contribution in [0.3, 0.4) is 0 Å².